The summed E-state index contributed by atoms with van der Waals surface area (Å²) in [5.41, 5.74) is -0.692. The normalized spacial score (nSPS) is 11.3. The highest BCUT2D eigenvalue weighted by Gasteiger charge is 2.18. The zero-order valence-electron chi connectivity index (χ0n) is 15.0. The van der Waals surface area contributed by atoms with E-state index in [1.165, 1.54) is 30.5 Å². The third-order valence-electron chi connectivity index (χ3n) is 3.39. The topological polar surface area (TPSA) is 93.3 Å². The number of ether oxygens (including phenoxy) is 2. The zero-order valence-corrected chi connectivity index (χ0v) is 15.0. The monoisotopic (exact) mass is 371 g/mol. The molecule has 0 bridgehead atoms. The number of pyridine rings is 2. The van der Waals surface area contributed by atoms with Crippen LogP contribution < -0.4 is 15.6 Å². The SMILES string of the molecule is CC(C)(C)OC(=O)Nc1cc(Oc2ccnc3[nH]c(=O)ccc23)ccc1F. The number of aromatic nitrogens is 2. The Morgan fingerprint density at radius 3 is 2.70 bits per heavy atom. The van der Waals surface area contributed by atoms with Gasteiger partial charge in [0.05, 0.1) is 11.1 Å². The van der Waals surface area contributed by atoms with Gasteiger partial charge in [-0.15, -0.1) is 0 Å². The van der Waals surface area contributed by atoms with Gasteiger partial charge in [-0.1, -0.05) is 0 Å². The number of fused-ring (bicyclic) bond motifs is 1. The number of halogens is 1. The van der Waals surface area contributed by atoms with Crippen LogP contribution in [0.25, 0.3) is 11.0 Å². The van der Waals surface area contributed by atoms with Gasteiger partial charge in [0.15, 0.2) is 0 Å². The van der Waals surface area contributed by atoms with E-state index in [2.05, 4.69) is 15.3 Å². The molecule has 0 aliphatic heterocycles. The summed E-state index contributed by atoms with van der Waals surface area (Å²) >= 11 is 0. The first-order valence-corrected chi connectivity index (χ1v) is 8.17. The molecule has 7 nitrogen and oxygen atoms in total. The van der Waals surface area contributed by atoms with Crippen LogP contribution in [0, 0.1) is 5.82 Å². The highest BCUT2D eigenvalue weighted by atomic mass is 19.1. The van der Waals surface area contributed by atoms with Crippen molar-refractivity contribution in [2.75, 3.05) is 5.32 Å². The van der Waals surface area contributed by atoms with Gasteiger partial charge in [-0.05, 0) is 45.0 Å². The molecule has 27 heavy (non-hydrogen) atoms. The Morgan fingerprint density at radius 2 is 1.96 bits per heavy atom. The average molecular weight is 371 g/mol. The Labute approximate surface area is 154 Å². The predicted octanol–water partition coefficient (Wildman–Crippen LogP) is 4.20. The van der Waals surface area contributed by atoms with Gasteiger partial charge in [0.1, 0.15) is 28.6 Å². The van der Waals surface area contributed by atoms with Crippen LogP contribution in [-0.2, 0) is 4.74 Å². The van der Waals surface area contributed by atoms with Crippen molar-refractivity contribution >= 4 is 22.8 Å². The number of rotatable bonds is 3. The Hall–Kier alpha value is -3.42. The minimum absolute atomic E-state index is 0.0754. The van der Waals surface area contributed by atoms with Crippen LogP contribution >= 0.6 is 0 Å². The van der Waals surface area contributed by atoms with Crippen LogP contribution in [-0.4, -0.2) is 21.7 Å². The van der Waals surface area contributed by atoms with Gasteiger partial charge in [0, 0.05) is 18.3 Å². The average Bonchev–Trinajstić information content (AvgIpc) is 2.56. The fourth-order valence-electron chi connectivity index (χ4n) is 2.33. The molecular formula is C19H18FN3O4. The molecule has 1 aromatic carbocycles. The summed E-state index contributed by atoms with van der Waals surface area (Å²) in [7, 11) is 0. The minimum Gasteiger partial charge on any atom is -0.456 e. The van der Waals surface area contributed by atoms with E-state index in [1.54, 1.807) is 32.9 Å². The molecule has 2 aromatic heterocycles. The molecule has 8 heteroatoms. The lowest BCUT2D eigenvalue weighted by molar-refractivity contribution is 0.0635. The fourth-order valence-corrected chi connectivity index (χ4v) is 2.33. The van der Waals surface area contributed by atoms with Gasteiger partial charge in [0.25, 0.3) is 0 Å². The number of benzene rings is 1. The van der Waals surface area contributed by atoms with Crippen molar-refractivity contribution in [3.05, 3.63) is 58.8 Å². The lowest BCUT2D eigenvalue weighted by atomic mass is 10.2. The minimum atomic E-state index is -0.773. The Bertz CT molecular complexity index is 1060. The molecule has 0 saturated carbocycles. The maximum atomic E-state index is 14.0. The summed E-state index contributed by atoms with van der Waals surface area (Å²) in [5, 5.41) is 2.95. The highest BCUT2D eigenvalue weighted by Crippen LogP contribution is 2.30. The van der Waals surface area contributed by atoms with Crippen LogP contribution in [0.5, 0.6) is 11.5 Å². The second kappa shape index (κ2) is 7.06. The number of nitrogens with one attached hydrogen (secondary N) is 2. The van der Waals surface area contributed by atoms with E-state index in [4.69, 9.17) is 9.47 Å². The van der Waals surface area contributed by atoms with Crippen molar-refractivity contribution in [1.82, 2.24) is 9.97 Å². The van der Waals surface area contributed by atoms with Crippen molar-refractivity contribution in [1.29, 1.82) is 0 Å². The number of carbonyl (C=O) groups is 1. The molecule has 0 spiro atoms. The second-order valence-electron chi connectivity index (χ2n) is 6.76. The smallest absolute Gasteiger partial charge is 0.412 e. The molecule has 3 rings (SSSR count). The second-order valence-corrected chi connectivity index (χ2v) is 6.76. The quantitative estimate of drug-likeness (QED) is 0.720. The maximum Gasteiger partial charge on any atom is 0.412 e. The molecule has 0 fully saturated rings. The summed E-state index contributed by atoms with van der Waals surface area (Å²) in [6, 6.07) is 8.50. The van der Waals surface area contributed by atoms with E-state index < -0.39 is 17.5 Å². The van der Waals surface area contributed by atoms with E-state index in [-0.39, 0.29) is 11.2 Å². The first-order valence-electron chi connectivity index (χ1n) is 8.17. The Balaban J connectivity index is 1.87. The number of H-pyrrole nitrogens is 1. The standard InChI is InChI=1S/C19H18FN3O4/c1-19(2,3)27-18(25)22-14-10-11(4-6-13(14)20)26-15-8-9-21-17-12(15)5-7-16(24)23-17/h4-10H,1-3H3,(H,22,25)(H,21,23,24). The van der Waals surface area contributed by atoms with Crippen molar-refractivity contribution in [2.24, 2.45) is 0 Å². The molecule has 3 aromatic rings. The molecule has 2 heterocycles. The summed E-state index contributed by atoms with van der Waals surface area (Å²) in [4.78, 5) is 30.0. The molecular weight excluding hydrogens is 353 g/mol. The van der Waals surface area contributed by atoms with Crippen molar-refractivity contribution in [3.8, 4) is 11.5 Å². The van der Waals surface area contributed by atoms with Gasteiger partial charge in [0.2, 0.25) is 5.56 Å². The van der Waals surface area contributed by atoms with Gasteiger partial charge >= 0.3 is 6.09 Å². The van der Waals surface area contributed by atoms with Crippen molar-refractivity contribution in [2.45, 2.75) is 26.4 Å². The zero-order chi connectivity index (χ0) is 19.6. The first-order chi connectivity index (χ1) is 12.7. The number of hydrogen-bond acceptors (Lipinski definition) is 5. The van der Waals surface area contributed by atoms with Crippen LogP contribution in [0.2, 0.25) is 0 Å². The largest absolute Gasteiger partial charge is 0.456 e. The highest BCUT2D eigenvalue weighted by molar-refractivity contribution is 5.85. The molecule has 1 amide bonds. The summed E-state index contributed by atoms with van der Waals surface area (Å²) < 4.78 is 24.9. The number of carbonyl (C=O) groups excluding carboxylic acids is 1. The summed E-state index contributed by atoms with van der Waals surface area (Å²) in [6.07, 6.45) is 0.710. The number of nitrogens with zero attached hydrogens (tertiary/aromatic N) is 1. The van der Waals surface area contributed by atoms with Gasteiger partial charge < -0.3 is 14.5 Å². The van der Waals surface area contributed by atoms with Crippen LogP contribution in [0.15, 0.2) is 47.4 Å². The lowest BCUT2D eigenvalue weighted by Gasteiger charge is -2.20. The van der Waals surface area contributed by atoms with Crippen LogP contribution in [0.1, 0.15) is 20.8 Å². The predicted molar refractivity (Wildman–Crippen MR) is 98.7 cm³/mol. The molecule has 0 aliphatic rings. The number of anilines is 1. The fraction of sp³-hybridized carbons (Fsp3) is 0.211. The van der Waals surface area contributed by atoms with Crippen molar-refractivity contribution < 1.29 is 18.7 Å². The molecule has 0 saturated heterocycles. The third kappa shape index (κ3) is 4.60. The van der Waals surface area contributed by atoms with Gasteiger partial charge in [-0.25, -0.2) is 14.2 Å². The molecule has 0 unspecified atom stereocenters. The van der Waals surface area contributed by atoms with E-state index in [0.29, 0.717) is 22.5 Å². The van der Waals surface area contributed by atoms with E-state index in [1.807, 2.05) is 0 Å². The maximum absolute atomic E-state index is 14.0. The van der Waals surface area contributed by atoms with Crippen molar-refractivity contribution in [3.63, 3.8) is 0 Å². The van der Waals surface area contributed by atoms with Gasteiger partial charge in [-0.3, -0.25) is 10.1 Å². The summed E-state index contributed by atoms with van der Waals surface area (Å²) in [5.74, 6) is 0.0874. The molecule has 2 N–H and O–H groups in total. The lowest BCUT2D eigenvalue weighted by Crippen LogP contribution is -2.27. The number of hydrogen-bond donors (Lipinski definition) is 2. The number of amides is 1. The number of aromatic amines is 1. The van der Waals surface area contributed by atoms with E-state index >= 15 is 0 Å². The van der Waals surface area contributed by atoms with Crippen LogP contribution in [0.4, 0.5) is 14.9 Å². The molecule has 0 radical (unpaired) electrons. The third-order valence-corrected chi connectivity index (χ3v) is 3.39. The Morgan fingerprint density at radius 1 is 1.19 bits per heavy atom. The first kappa shape index (κ1) is 18.4. The molecule has 0 atom stereocenters. The van der Waals surface area contributed by atoms with E-state index in [0.717, 1.165) is 0 Å². The van der Waals surface area contributed by atoms with Crippen LogP contribution in [0.3, 0.4) is 0 Å². The summed E-state index contributed by atoms with van der Waals surface area (Å²) in [6.45, 7) is 5.13. The van der Waals surface area contributed by atoms with E-state index in [9.17, 15) is 14.0 Å². The van der Waals surface area contributed by atoms with Gasteiger partial charge in [-0.2, -0.15) is 0 Å². The molecule has 140 valence electrons. The Kier molecular flexibility index (Phi) is 4.81. The molecule has 0 aliphatic carbocycles.